The van der Waals surface area contributed by atoms with Crippen LogP contribution in [0.25, 0.3) is 22.2 Å². The number of hydrogen-bond acceptors (Lipinski definition) is 8. The Morgan fingerprint density at radius 2 is 1.67 bits per heavy atom. The first-order chi connectivity index (χ1) is 16.0. The Bertz CT molecular complexity index is 1330. The van der Waals surface area contributed by atoms with Crippen LogP contribution >= 0.6 is 0 Å². The van der Waals surface area contributed by atoms with Gasteiger partial charge in [0.25, 0.3) is 0 Å². The predicted octanol–water partition coefficient (Wildman–Crippen LogP) is 4.66. The predicted molar refractivity (Wildman–Crippen MR) is 119 cm³/mol. The van der Waals surface area contributed by atoms with E-state index >= 15 is 0 Å². The summed E-state index contributed by atoms with van der Waals surface area (Å²) in [5, 5.41) is 0.654. The molecule has 33 heavy (non-hydrogen) atoms. The van der Waals surface area contributed by atoms with E-state index in [1.165, 1.54) is 13.2 Å². The minimum Gasteiger partial charge on any atom is -0.493 e. The van der Waals surface area contributed by atoms with Gasteiger partial charge in [-0.05, 0) is 42.5 Å². The summed E-state index contributed by atoms with van der Waals surface area (Å²) in [7, 11) is 4.38. The van der Waals surface area contributed by atoms with Crippen LogP contribution < -0.4 is 9.47 Å². The number of para-hydroxylation sites is 1. The van der Waals surface area contributed by atoms with Gasteiger partial charge in [-0.15, -0.1) is 0 Å². The number of aromatic nitrogens is 1. The number of rotatable bonds is 7. The van der Waals surface area contributed by atoms with Crippen molar-refractivity contribution in [3.8, 4) is 22.8 Å². The van der Waals surface area contributed by atoms with Gasteiger partial charge in [-0.25, -0.2) is 14.6 Å². The lowest BCUT2D eigenvalue weighted by atomic mass is 10.0. The fourth-order valence-corrected chi connectivity index (χ4v) is 3.37. The smallest absolute Gasteiger partial charge is 0.373 e. The van der Waals surface area contributed by atoms with Gasteiger partial charge in [-0.1, -0.05) is 18.2 Å². The normalized spacial score (nSPS) is 10.6. The zero-order valence-corrected chi connectivity index (χ0v) is 18.3. The molecule has 4 aromatic rings. The van der Waals surface area contributed by atoms with Crippen molar-refractivity contribution >= 4 is 22.8 Å². The zero-order chi connectivity index (χ0) is 23.4. The number of esters is 2. The van der Waals surface area contributed by atoms with Gasteiger partial charge >= 0.3 is 11.9 Å². The van der Waals surface area contributed by atoms with E-state index in [0.717, 1.165) is 5.56 Å². The average molecular weight is 447 g/mol. The van der Waals surface area contributed by atoms with Crippen molar-refractivity contribution in [2.24, 2.45) is 0 Å². The lowest BCUT2D eigenvalue weighted by molar-refractivity contribution is 0.0440. The standard InChI is InChI=1S/C25H21NO7/c1-29-21-10-8-15(12-23(21)30-2)20-13-18(17-6-4-5-7-19(17)26-20)24(27)32-14-16-9-11-22(33-16)25(28)31-3/h4-13H,14H2,1-3H3. The molecule has 4 rings (SSSR count). The van der Waals surface area contributed by atoms with Crippen LogP contribution in [0.2, 0.25) is 0 Å². The van der Waals surface area contributed by atoms with E-state index in [0.29, 0.717) is 39.4 Å². The van der Waals surface area contributed by atoms with E-state index in [-0.39, 0.29) is 12.4 Å². The number of hydrogen-bond donors (Lipinski definition) is 0. The highest BCUT2D eigenvalue weighted by molar-refractivity contribution is 6.04. The maximum atomic E-state index is 13.0. The minimum absolute atomic E-state index is 0.0358. The number of pyridine rings is 1. The van der Waals surface area contributed by atoms with Gasteiger partial charge in [-0.2, -0.15) is 0 Å². The molecule has 0 spiro atoms. The molecule has 168 valence electrons. The van der Waals surface area contributed by atoms with Gasteiger partial charge in [0.15, 0.2) is 11.5 Å². The van der Waals surface area contributed by atoms with Crippen LogP contribution in [-0.4, -0.2) is 38.3 Å². The molecule has 0 saturated heterocycles. The number of ether oxygens (including phenoxy) is 4. The lowest BCUT2D eigenvalue weighted by Gasteiger charge is -2.12. The molecule has 0 unspecified atom stereocenters. The number of fused-ring (bicyclic) bond motifs is 1. The summed E-state index contributed by atoms with van der Waals surface area (Å²) >= 11 is 0. The van der Waals surface area contributed by atoms with E-state index in [9.17, 15) is 9.59 Å². The summed E-state index contributed by atoms with van der Waals surface area (Å²) in [6, 6.07) is 17.4. The minimum atomic E-state index is -0.604. The van der Waals surface area contributed by atoms with Crippen LogP contribution in [0.15, 0.2) is 65.1 Å². The number of benzene rings is 2. The highest BCUT2D eigenvalue weighted by Crippen LogP contribution is 2.33. The van der Waals surface area contributed by atoms with Crippen LogP contribution in [0.1, 0.15) is 26.7 Å². The van der Waals surface area contributed by atoms with Crippen LogP contribution in [0.5, 0.6) is 11.5 Å². The highest BCUT2D eigenvalue weighted by atomic mass is 16.6. The number of carbonyl (C=O) groups excluding carboxylic acids is 2. The molecule has 0 saturated carbocycles. The van der Waals surface area contributed by atoms with Crippen LogP contribution in [0.4, 0.5) is 0 Å². The maximum Gasteiger partial charge on any atom is 0.373 e. The first kappa shape index (κ1) is 21.9. The molecule has 2 aromatic heterocycles. The van der Waals surface area contributed by atoms with Gasteiger partial charge in [0.2, 0.25) is 5.76 Å². The van der Waals surface area contributed by atoms with Gasteiger partial charge in [0.1, 0.15) is 12.4 Å². The Morgan fingerprint density at radius 1 is 0.879 bits per heavy atom. The topological polar surface area (TPSA) is 97.1 Å². The lowest BCUT2D eigenvalue weighted by Crippen LogP contribution is -2.07. The fourth-order valence-electron chi connectivity index (χ4n) is 3.37. The molecule has 8 heteroatoms. The second-order valence-corrected chi connectivity index (χ2v) is 6.98. The maximum absolute atomic E-state index is 13.0. The van der Waals surface area contributed by atoms with Crippen LogP contribution in [0.3, 0.4) is 0 Å². The summed E-state index contributed by atoms with van der Waals surface area (Å²) in [6.07, 6.45) is 0. The van der Waals surface area contributed by atoms with Crippen molar-refractivity contribution in [1.82, 2.24) is 4.98 Å². The van der Waals surface area contributed by atoms with Crippen molar-refractivity contribution in [3.05, 3.63) is 77.7 Å². The first-order valence-electron chi connectivity index (χ1n) is 10.0. The molecular formula is C25H21NO7. The van der Waals surface area contributed by atoms with Crippen LogP contribution in [-0.2, 0) is 16.1 Å². The van der Waals surface area contributed by atoms with Crippen molar-refractivity contribution in [1.29, 1.82) is 0 Å². The third-order valence-electron chi connectivity index (χ3n) is 5.01. The molecular weight excluding hydrogens is 426 g/mol. The molecule has 0 fully saturated rings. The molecule has 0 aliphatic heterocycles. The van der Waals surface area contributed by atoms with E-state index in [1.807, 2.05) is 24.3 Å². The summed E-state index contributed by atoms with van der Waals surface area (Å²) < 4.78 is 26.1. The number of nitrogens with zero attached hydrogens (tertiary/aromatic N) is 1. The molecule has 0 aliphatic rings. The summed E-state index contributed by atoms with van der Waals surface area (Å²) in [4.78, 5) is 29.2. The Kier molecular flexibility index (Phi) is 6.26. The Labute approximate surface area is 189 Å². The number of carbonyl (C=O) groups is 2. The third kappa shape index (κ3) is 4.50. The number of furan rings is 1. The molecule has 8 nitrogen and oxygen atoms in total. The van der Waals surface area contributed by atoms with Gasteiger partial charge in [-0.3, -0.25) is 0 Å². The second-order valence-electron chi connectivity index (χ2n) is 6.98. The SMILES string of the molecule is COC(=O)c1ccc(COC(=O)c2cc(-c3ccc(OC)c(OC)c3)nc3ccccc23)o1. The Morgan fingerprint density at radius 3 is 2.42 bits per heavy atom. The summed E-state index contributed by atoms with van der Waals surface area (Å²) in [5.41, 5.74) is 2.32. The van der Waals surface area contributed by atoms with Crippen molar-refractivity contribution < 1.29 is 33.0 Å². The molecule has 0 aliphatic carbocycles. The molecule has 2 aromatic carbocycles. The van der Waals surface area contributed by atoms with Gasteiger partial charge < -0.3 is 23.4 Å². The van der Waals surface area contributed by atoms with Gasteiger partial charge in [0, 0.05) is 10.9 Å². The number of methoxy groups -OCH3 is 3. The summed E-state index contributed by atoms with van der Waals surface area (Å²) in [5.74, 6) is 0.342. The molecule has 0 bridgehead atoms. The van der Waals surface area contributed by atoms with E-state index in [1.54, 1.807) is 44.6 Å². The molecule has 0 amide bonds. The van der Waals surface area contributed by atoms with Crippen molar-refractivity contribution in [3.63, 3.8) is 0 Å². The molecule has 2 heterocycles. The molecule has 0 radical (unpaired) electrons. The van der Waals surface area contributed by atoms with Crippen LogP contribution in [0, 0.1) is 0 Å². The largest absolute Gasteiger partial charge is 0.493 e. The monoisotopic (exact) mass is 447 g/mol. The Hall–Kier alpha value is -4.33. The van der Waals surface area contributed by atoms with Gasteiger partial charge in [0.05, 0.1) is 38.1 Å². The zero-order valence-electron chi connectivity index (χ0n) is 18.3. The van der Waals surface area contributed by atoms with E-state index in [2.05, 4.69) is 4.74 Å². The van der Waals surface area contributed by atoms with Crippen molar-refractivity contribution in [2.45, 2.75) is 6.61 Å². The average Bonchev–Trinajstić information content (AvgIpc) is 3.34. The fraction of sp³-hybridized carbons (Fsp3) is 0.160. The van der Waals surface area contributed by atoms with Crippen molar-refractivity contribution in [2.75, 3.05) is 21.3 Å². The second kappa shape index (κ2) is 9.44. The Balaban J connectivity index is 1.66. The summed E-state index contributed by atoms with van der Waals surface area (Å²) in [6.45, 7) is -0.141. The highest BCUT2D eigenvalue weighted by Gasteiger charge is 2.18. The van der Waals surface area contributed by atoms with E-state index < -0.39 is 11.9 Å². The molecule has 0 atom stereocenters. The quantitative estimate of drug-likeness (QED) is 0.378. The first-order valence-corrected chi connectivity index (χ1v) is 10.0. The van der Waals surface area contributed by atoms with E-state index in [4.69, 9.17) is 23.6 Å². The molecule has 0 N–H and O–H groups in total. The third-order valence-corrected chi connectivity index (χ3v) is 5.01.